The molecule has 1 saturated carbocycles. The maximum absolute atomic E-state index is 5.31. The maximum Gasteiger partial charge on any atom is 0.191 e. The summed E-state index contributed by atoms with van der Waals surface area (Å²) in [6.07, 6.45) is 7.00. The molecule has 134 valence electrons. The van der Waals surface area contributed by atoms with Crippen LogP contribution in [0.1, 0.15) is 39.0 Å². The molecule has 0 aromatic carbocycles. The van der Waals surface area contributed by atoms with Gasteiger partial charge < -0.3 is 20.3 Å². The molecule has 6 heteroatoms. The van der Waals surface area contributed by atoms with Gasteiger partial charge in [0.2, 0.25) is 0 Å². The second kappa shape index (κ2) is 8.85. The van der Waals surface area contributed by atoms with Crippen molar-refractivity contribution >= 4 is 29.9 Å². The molecule has 1 atom stereocenters. The van der Waals surface area contributed by atoms with Crippen LogP contribution in [0.4, 0.5) is 0 Å². The number of hydrogen-bond donors (Lipinski definition) is 2. The van der Waals surface area contributed by atoms with E-state index in [1.54, 1.807) is 0 Å². The van der Waals surface area contributed by atoms with Gasteiger partial charge in [-0.15, -0.1) is 24.0 Å². The molecule has 2 N–H and O–H groups in total. The molecule has 3 fully saturated rings. The first kappa shape index (κ1) is 19.2. The van der Waals surface area contributed by atoms with E-state index in [0.29, 0.717) is 6.04 Å². The van der Waals surface area contributed by atoms with Crippen LogP contribution in [-0.2, 0) is 4.74 Å². The number of nitrogens with zero attached hydrogens (tertiary/aromatic N) is 2. The molecule has 0 amide bonds. The largest absolute Gasteiger partial charge is 0.380 e. The van der Waals surface area contributed by atoms with Gasteiger partial charge in [-0.05, 0) is 25.2 Å². The van der Waals surface area contributed by atoms with E-state index in [9.17, 15) is 0 Å². The molecule has 0 radical (unpaired) electrons. The van der Waals surface area contributed by atoms with Crippen LogP contribution in [0.2, 0.25) is 0 Å². The van der Waals surface area contributed by atoms with E-state index < -0.39 is 0 Å². The first-order chi connectivity index (χ1) is 10.7. The average Bonchev–Trinajstić information content (AvgIpc) is 3.14. The summed E-state index contributed by atoms with van der Waals surface area (Å²) in [5.74, 6) is 1.90. The van der Waals surface area contributed by atoms with Gasteiger partial charge in [-0.1, -0.05) is 19.8 Å². The highest BCUT2D eigenvalue weighted by molar-refractivity contribution is 14.0. The first-order valence-corrected chi connectivity index (χ1v) is 8.94. The Kier molecular flexibility index (Phi) is 7.41. The lowest BCUT2D eigenvalue weighted by molar-refractivity contribution is -0.0971. The summed E-state index contributed by atoms with van der Waals surface area (Å²) in [5.41, 5.74) is 0.280. The van der Waals surface area contributed by atoms with Gasteiger partial charge in [0.05, 0.1) is 13.2 Å². The molecule has 3 aliphatic rings. The Morgan fingerprint density at radius 2 is 2.00 bits per heavy atom. The molecule has 0 aromatic heterocycles. The first-order valence-electron chi connectivity index (χ1n) is 8.94. The van der Waals surface area contributed by atoms with Gasteiger partial charge in [0, 0.05) is 44.7 Å². The van der Waals surface area contributed by atoms with E-state index in [1.165, 1.54) is 45.2 Å². The van der Waals surface area contributed by atoms with Crippen molar-refractivity contribution in [2.24, 2.45) is 16.3 Å². The fourth-order valence-electron chi connectivity index (χ4n) is 3.91. The lowest BCUT2D eigenvalue weighted by Crippen LogP contribution is -2.52. The summed E-state index contributed by atoms with van der Waals surface area (Å²) in [6, 6.07) is 0.540. The summed E-state index contributed by atoms with van der Waals surface area (Å²) in [6.45, 7) is 8.61. The number of hydrogen-bond acceptors (Lipinski definition) is 3. The Morgan fingerprint density at radius 1 is 1.26 bits per heavy atom. The number of rotatable bonds is 5. The molecule has 5 nitrogen and oxygen atoms in total. The Balaban J connectivity index is 0.00000192. The molecule has 3 rings (SSSR count). The Hall–Kier alpha value is -0.0800. The van der Waals surface area contributed by atoms with Crippen molar-refractivity contribution in [1.29, 1.82) is 0 Å². The third kappa shape index (κ3) is 5.46. The van der Waals surface area contributed by atoms with Crippen LogP contribution in [0.3, 0.4) is 0 Å². The van der Waals surface area contributed by atoms with Crippen molar-refractivity contribution in [2.45, 2.75) is 45.1 Å². The highest BCUT2D eigenvalue weighted by Crippen LogP contribution is 2.27. The second-order valence-electron chi connectivity index (χ2n) is 7.77. The number of halogens is 1. The van der Waals surface area contributed by atoms with Gasteiger partial charge >= 0.3 is 0 Å². The van der Waals surface area contributed by atoms with Crippen molar-refractivity contribution in [1.82, 2.24) is 15.5 Å². The van der Waals surface area contributed by atoms with Crippen LogP contribution in [0, 0.1) is 11.3 Å². The maximum atomic E-state index is 5.31. The van der Waals surface area contributed by atoms with Crippen LogP contribution in [0.5, 0.6) is 0 Å². The minimum atomic E-state index is 0. The predicted molar refractivity (Wildman–Crippen MR) is 106 cm³/mol. The average molecular weight is 436 g/mol. The van der Waals surface area contributed by atoms with E-state index in [2.05, 4.69) is 27.4 Å². The van der Waals surface area contributed by atoms with Crippen molar-refractivity contribution in [3.05, 3.63) is 0 Å². The standard InChI is InChI=1S/C17H32N4O.HI/c1-17(12-22-13-17)11-19-16(18-2)20-15-7-8-21(10-15)9-14-5-3-4-6-14;/h14-15H,3-13H2,1-2H3,(H2,18,19,20);1H. The van der Waals surface area contributed by atoms with E-state index in [0.717, 1.165) is 38.2 Å². The molecule has 0 spiro atoms. The molecule has 1 aliphatic carbocycles. The molecule has 2 heterocycles. The minimum Gasteiger partial charge on any atom is -0.380 e. The van der Waals surface area contributed by atoms with Crippen LogP contribution < -0.4 is 10.6 Å². The summed E-state index contributed by atoms with van der Waals surface area (Å²) in [7, 11) is 1.86. The van der Waals surface area contributed by atoms with Crippen LogP contribution in [0.25, 0.3) is 0 Å². The molecule has 1 unspecified atom stereocenters. The van der Waals surface area contributed by atoms with Crippen LogP contribution in [0.15, 0.2) is 4.99 Å². The molecule has 0 aromatic rings. The van der Waals surface area contributed by atoms with Crippen LogP contribution in [-0.4, -0.2) is 63.3 Å². The SMILES string of the molecule is CN=C(NCC1(C)COC1)NC1CCN(CC2CCCC2)C1.I. The fraction of sp³-hybridized carbons (Fsp3) is 0.941. The number of likely N-dealkylation sites (tertiary alicyclic amines) is 1. The van der Waals surface area contributed by atoms with Gasteiger partial charge in [-0.2, -0.15) is 0 Å². The van der Waals surface area contributed by atoms with Crippen LogP contribution >= 0.6 is 24.0 Å². The summed E-state index contributed by atoms with van der Waals surface area (Å²) in [5, 5.41) is 7.06. The highest BCUT2D eigenvalue weighted by Gasteiger charge is 2.33. The van der Waals surface area contributed by atoms with Crippen molar-refractivity contribution in [3.63, 3.8) is 0 Å². The Bertz CT molecular complexity index is 394. The van der Waals surface area contributed by atoms with Gasteiger partial charge in [-0.3, -0.25) is 4.99 Å². The Labute approximate surface area is 158 Å². The quantitative estimate of drug-likeness (QED) is 0.394. The van der Waals surface area contributed by atoms with Gasteiger partial charge in [-0.25, -0.2) is 0 Å². The zero-order valence-corrected chi connectivity index (χ0v) is 17.0. The molecule has 23 heavy (non-hydrogen) atoms. The lowest BCUT2D eigenvalue weighted by atomic mass is 9.89. The third-order valence-electron chi connectivity index (χ3n) is 5.41. The van der Waals surface area contributed by atoms with Gasteiger partial charge in [0.25, 0.3) is 0 Å². The molecular weight excluding hydrogens is 403 g/mol. The zero-order chi connectivity index (χ0) is 15.4. The molecular formula is C17H33IN4O. The Morgan fingerprint density at radius 3 is 2.61 bits per heavy atom. The van der Waals surface area contributed by atoms with Crippen molar-refractivity contribution in [2.75, 3.05) is 46.4 Å². The second-order valence-corrected chi connectivity index (χ2v) is 7.77. The molecule has 0 bridgehead atoms. The summed E-state index contributed by atoms with van der Waals surface area (Å²) < 4.78 is 5.31. The highest BCUT2D eigenvalue weighted by atomic mass is 127. The van der Waals surface area contributed by atoms with E-state index in [4.69, 9.17) is 4.74 Å². The summed E-state index contributed by atoms with van der Waals surface area (Å²) in [4.78, 5) is 7.02. The normalized spacial score (nSPS) is 28.3. The van der Waals surface area contributed by atoms with Crippen molar-refractivity contribution in [3.8, 4) is 0 Å². The zero-order valence-electron chi connectivity index (χ0n) is 14.6. The topological polar surface area (TPSA) is 48.9 Å². The number of ether oxygens (including phenoxy) is 1. The van der Waals surface area contributed by atoms with E-state index in [-0.39, 0.29) is 29.4 Å². The van der Waals surface area contributed by atoms with E-state index in [1.807, 2.05) is 7.05 Å². The summed E-state index contributed by atoms with van der Waals surface area (Å²) >= 11 is 0. The molecule has 2 saturated heterocycles. The molecule has 2 aliphatic heterocycles. The third-order valence-corrected chi connectivity index (χ3v) is 5.41. The van der Waals surface area contributed by atoms with Gasteiger partial charge in [0.15, 0.2) is 5.96 Å². The number of nitrogens with one attached hydrogen (secondary N) is 2. The van der Waals surface area contributed by atoms with Gasteiger partial charge in [0.1, 0.15) is 0 Å². The van der Waals surface area contributed by atoms with Crippen molar-refractivity contribution < 1.29 is 4.74 Å². The smallest absolute Gasteiger partial charge is 0.191 e. The number of aliphatic imine (C=N–C) groups is 1. The lowest BCUT2D eigenvalue weighted by Gasteiger charge is -2.38. The minimum absolute atomic E-state index is 0. The monoisotopic (exact) mass is 436 g/mol. The predicted octanol–water partition coefficient (Wildman–Crippen LogP) is 2.07. The van der Waals surface area contributed by atoms with E-state index >= 15 is 0 Å². The number of guanidine groups is 1. The fourth-order valence-corrected chi connectivity index (χ4v) is 3.91.